The van der Waals surface area contributed by atoms with Crippen molar-refractivity contribution in [3.8, 4) is 0 Å². The van der Waals surface area contributed by atoms with Crippen LogP contribution in [0.5, 0.6) is 0 Å². The van der Waals surface area contributed by atoms with Crippen LogP contribution in [0.4, 0.5) is 5.13 Å². The third-order valence-corrected chi connectivity index (χ3v) is 2.18. The maximum absolute atomic E-state index is 10.3. The average Bonchev–Trinajstić information content (AvgIpc) is 2.29. The fourth-order valence-electron chi connectivity index (χ4n) is 0.802. The molecule has 0 saturated carbocycles. The van der Waals surface area contributed by atoms with Crippen LogP contribution in [0.15, 0.2) is 0 Å². The molecular formula is C6H8N2O3S. The van der Waals surface area contributed by atoms with Crippen molar-refractivity contribution in [2.24, 2.45) is 0 Å². The predicted molar refractivity (Wildman–Crippen MR) is 43.8 cm³/mol. The third-order valence-electron chi connectivity index (χ3n) is 1.26. The van der Waals surface area contributed by atoms with Gasteiger partial charge in [-0.1, -0.05) is 0 Å². The van der Waals surface area contributed by atoms with Gasteiger partial charge in [-0.05, 0) is 0 Å². The van der Waals surface area contributed by atoms with E-state index in [9.17, 15) is 4.79 Å². The molecule has 0 amide bonds. The summed E-state index contributed by atoms with van der Waals surface area (Å²) >= 11 is 1.09. The number of nitrogens with two attached hydrogens (primary N) is 1. The Morgan fingerprint density at radius 3 is 2.83 bits per heavy atom. The second-order valence-corrected chi connectivity index (χ2v) is 3.27. The summed E-state index contributed by atoms with van der Waals surface area (Å²) in [5.41, 5.74) is 5.70. The number of carboxylic acid groups (broad SMARTS) is 1. The molecule has 66 valence electrons. The van der Waals surface area contributed by atoms with Crippen molar-refractivity contribution in [1.29, 1.82) is 0 Å². The minimum absolute atomic E-state index is 0.134. The Hall–Kier alpha value is -1.14. The van der Waals surface area contributed by atoms with Crippen LogP contribution in [0.25, 0.3) is 0 Å². The molecule has 0 atom stereocenters. The molecule has 1 aromatic heterocycles. The second-order valence-electron chi connectivity index (χ2n) is 2.15. The van der Waals surface area contributed by atoms with Crippen LogP contribution >= 0.6 is 11.3 Å². The number of rotatable bonds is 3. The molecule has 0 saturated heterocycles. The highest BCUT2D eigenvalue weighted by Crippen LogP contribution is 2.20. The number of hydrogen-bond donors (Lipinski definition) is 3. The van der Waals surface area contributed by atoms with Gasteiger partial charge in [-0.2, -0.15) is 0 Å². The first-order chi connectivity index (χ1) is 5.63. The van der Waals surface area contributed by atoms with Crippen molar-refractivity contribution in [3.05, 3.63) is 10.6 Å². The van der Waals surface area contributed by atoms with Crippen molar-refractivity contribution >= 4 is 22.4 Å². The topological polar surface area (TPSA) is 96.4 Å². The van der Waals surface area contributed by atoms with Crippen LogP contribution in [-0.2, 0) is 17.8 Å². The summed E-state index contributed by atoms with van der Waals surface area (Å²) < 4.78 is 0. The van der Waals surface area contributed by atoms with E-state index in [1.807, 2.05) is 0 Å². The number of anilines is 1. The minimum atomic E-state index is -0.951. The van der Waals surface area contributed by atoms with E-state index in [1.54, 1.807) is 0 Å². The lowest BCUT2D eigenvalue weighted by molar-refractivity contribution is -0.136. The van der Waals surface area contributed by atoms with Crippen molar-refractivity contribution in [2.45, 2.75) is 13.0 Å². The summed E-state index contributed by atoms with van der Waals surface area (Å²) in [6.45, 7) is -0.268. The second kappa shape index (κ2) is 3.51. The van der Waals surface area contributed by atoms with Gasteiger partial charge in [0.2, 0.25) is 0 Å². The molecule has 0 fully saturated rings. The zero-order valence-electron chi connectivity index (χ0n) is 6.15. The summed E-state index contributed by atoms with van der Waals surface area (Å²) in [5.74, 6) is -0.951. The number of aliphatic hydroxyl groups is 1. The van der Waals surface area contributed by atoms with Gasteiger partial charge in [0.05, 0.1) is 18.7 Å². The van der Waals surface area contributed by atoms with Crippen LogP contribution in [0.3, 0.4) is 0 Å². The van der Waals surface area contributed by atoms with E-state index in [-0.39, 0.29) is 18.2 Å². The van der Waals surface area contributed by atoms with Crippen LogP contribution < -0.4 is 5.73 Å². The molecule has 6 heteroatoms. The first-order valence-corrected chi connectivity index (χ1v) is 4.02. The average molecular weight is 188 g/mol. The Labute approximate surface area is 72.5 Å². The molecule has 0 aliphatic heterocycles. The lowest BCUT2D eigenvalue weighted by Crippen LogP contribution is -2.01. The largest absolute Gasteiger partial charge is 0.481 e. The number of aliphatic hydroxyl groups excluding tert-OH is 1. The van der Waals surface area contributed by atoms with E-state index in [0.29, 0.717) is 10.6 Å². The Balaban J connectivity index is 2.89. The first-order valence-electron chi connectivity index (χ1n) is 3.20. The normalized spacial score (nSPS) is 10.1. The number of nitrogen functional groups attached to an aromatic ring is 1. The van der Waals surface area contributed by atoms with Crippen molar-refractivity contribution in [2.75, 3.05) is 5.73 Å². The number of nitrogens with zero attached hydrogens (tertiary/aromatic N) is 1. The molecule has 4 N–H and O–H groups in total. The van der Waals surface area contributed by atoms with Crippen LogP contribution in [0.2, 0.25) is 0 Å². The highest BCUT2D eigenvalue weighted by molar-refractivity contribution is 7.15. The predicted octanol–water partition coefficient (Wildman–Crippen LogP) is -0.155. The molecule has 0 bridgehead atoms. The van der Waals surface area contributed by atoms with Gasteiger partial charge in [0, 0.05) is 4.88 Å². The molecule has 0 aromatic carbocycles. The van der Waals surface area contributed by atoms with Gasteiger partial charge < -0.3 is 15.9 Å². The van der Waals surface area contributed by atoms with Gasteiger partial charge >= 0.3 is 5.97 Å². The molecule has 0 radical (unpaired) electrons. The van der Waals surface area contributed by atoms with Crippen LogP contribution in [0, 0.1) is 0 Å². The van der Waals surface area contributed by atoms with Gasteiger partial charge in [-0.3, -0.25) is 4.79 Å². The Morgan fingerprint density at radius 2 is 2.33 bits per heavy atom. The summed E-state index contributed by atoms with van der Waals surface area (Å²) in [7, 11) is 0. The first kappa shape index (κ1) is 8.95. The number of aliphatic carboxylic acids is 1. The highest BCUT2D eigenvalue weighted by atomic mass is 32.1. The number of thiazole rings is 1. The number of carboxylic acids is 1. The summed E-state index contributed by atoms with van der Waals surface area (Å²) in [5, 5.41) is 17.5. The third kappa shape index (κ3) is 1.93. The van der Waals surface area contributed by atoms with Gasteiger partial charge in [-0.25, -0.2) is 4.98 Å². The molecule has 0 unspecified atom stereocenters. The van der Waals surface area contributed by atoms with Crippen molar-refractivity contribution < 1.29 is 15.0 Å². The molecule has 1 rings (SSSR count). The standard InChI is InChI=1S/C6H8N2O3S/c7-6-8-3(2-9)4(12-6)1-5(10)11/h9H,1-2H2,(H2,7,8)(H,10,11). The lowest BCUT2D eigenvalue weighted by Gasteiger charge is -1.92. The zero-order valence-corrected chi connectivity index (χ0v) is 6.97. The summed E-state index contributed by atoms with van der Waals surface area (Å²) in [6.07, 6.45) is -0.134. The van der Waals surface area contributed by atoms with Crippen LogP contribution in [0.1, 0.15) is 10.6 Å². The fraction of sp³-hybridized carbons (Fsp3) is 0.333. The molecule has 5 nitrogen and oxygen atoms in total. The number of aromatic nitrogens is 1. The van der Waals surface area contributed by atoms with Crippen molar-refractivity contribution in [3.63, 3.8) is 0 Å². The van der Waals surface area contributed by atoms with Gasteiger partial charge in [-0.15, -0.1) is 11.3 Å². The number of carbonyl (C=O) groups is 1. The molecule has 0 aliphatic rings. The number of hydrogen-bond acceptors (Lipinski definition) is 5. The molecule has 0 aliphatic carbocycles. The fourth-order valence-corrected chi connectivity index (χ4v) is 1.63. The molecule has 1 aromatic rings. The van der Waals surface area contributed by atoms with Gasteiger partial charge in [0.1, 0.15) is 0 Å². The lowest BCUT2D eigenvalue weighted by atomic mass is 10.3. The van der Waals surface area contributed by atoms with E-state index < -0.39 is 5.97 Å². The monoisotopic (exact) mass is 188 g/mol. The van der Waals surface area contributed by atoms with Crippen molar-refractivity contribution in [1.82, 2.24) is 4.98 Å². The summed E-state index contributed by atoms with van der Waals surface area (Å²) in [4.78, 5) is 14.6. The Kier molecular flexibility index (Phi) is 2.61. The van der Waals surface area contributed by atoms with E-state index in [2.05, 4.69) is 4.98 Å². The van der Waals surface area contributed by atoms with Crippen LogP contribution in [-0.4, -0.2) is 21.2 Å². The smallest absolute Gasteiger partial charge is 0.308 e. The SMILES string of the molecule is Nc1nc(CO)c(CC(=O)O)s1. The van der Waals surface area contributed by atoms with E-state index in [4.69, 9.17) is 15.9 Å². The molecular weight excluding hydrogens is 180 g/mol. The van der Waals surface area contributed by atoms with Gasteiger partial charge in [0.25, 0.3) is 0 Å². The van der Waals surface area contributed by atoms with E-state index >= 15 is 0 Å². The van der Waals surface area contributed by atoms with Gasteiger partial charge in [0.15, 0.2) is 5.13 Å². The maximum Gasteiger partial charge on any atom is 0.308 e. The van der Waals surface area contributed by atoms with E-state index in [1.165, 1.54) is 0 Å². The molecule has 1 heterocycles. The maximum atomic E-state index is 10.3. The zero-order chi connectivity index (χ0) is 9.14. The Bertz CT molecular complexity index is 297. The highest BCUT2D eigenvalue weighted by Gasteiger charge is 2.11. The minimum Gasteiger partial charge on any atom is -0.481 e. The summed E-state index contributed by atoms with van der Waals surface area (Å²) in [6, 6.07) is 0. The molecule has 12 heavy (non-hydrogen) atoms. The molecule has 0 spiro atoms. The quantitative estimate of drug-likeness (QED) is 0.612. The van der Waals surface area contributed by atoms with E-state index in [0.717, 1.165) is 11.3 Å². The Morgan fingerprint density at radius 1 is 1.67 bits per heavy atom.